The molecule has 0 aromatic carbocycles. The van der Waals surface area contributed by atoms with E-state index in [0.717, 1.165) is 22.8 Å². The fourth-order valence-corrected chi connectivity index (χ4v) is 1.53. The van der Waals surface area contributed by atoms with E-state index in [4.69, 9.17) is 0 Å². The summed E-state index contributed by atoms with van der Waals surface area (Å²) in [6.45, 7) is 10.3. The van der Waals surface area contributed by atoms with Gasteiger partial charge in [0.2, 0.25) is 0 Å². The molecule has 2 rings (SSSR count). The van der Waals surface area contributed by atoms with E-state index in [1.54, 1.807) is 6.33 Å². The number of hydrazine groups is 1. The first kappa shape index (κ1) is 8.99. The van der Waals surface area contributed by atoms with Gasteiger partial charge >= 0.3 is 0 Å². The van der Waals surface area contributed by atoms with Crippen molar-refractivity contribution >= 4 is 11.5 Å². The van der Waals surface area contributed by atoms with Gasteiger partial charge in [-0.3, -0.25) is 10.9 Å². The van der Waals surface area contributed by atoms with Gasteiger partial charge in [0.25, 0.3) is 0 Å². The number of anilines is 1. The van der Waals surface area contributed by atoms with Crippen molar-refractivity contribution in [2.24, 2.45) is 0 Å². The normalized spacial score (nSPS) is 14.6. The first-order chi connectivity index (χ1) is 6.50. The smallest absolute Gasteiger partial charge is 0.157 e. The van der Waals surface area contributed by atoms with Crippen LogP contribution in [0.15, 0.2) is 12.9 Å². The summed E-state index contributed by atoms with van der Waals surface area (Å²) in [6, 6.07) is 0. The van der Waals surface area contributed by atoms with E-state index in [0.29, 0.717) is 0 Å². The molecule has 14 heavy (non-hydrogen) atoms. The molecule has 1 aliphatic rings. The molecule has 1 aromatic heterocycles. The molecule has 74 valence electrons. The molecule has 0 spiro atoms. The van der Waals surface area contributed by atoms with Crippen LogP contribution in [0.25, 0.3) is 5.70 Å². The van der Waals surface area contributed by atoms with Gasteiger partial charge in [-0.2, -0.15) is 0 Å². The molecule has 1 aromatic rings. The highest BCUT2D eigenvalue weighted by atomic mass is 15.4. The summed E-state index contributed by atoms with van der Waals surface area (Å²) in [5.41, 5.74) is 8.77. The Labute approximate surface area is 83.4 Å². The molecule has 0 amide bonds. The van der Waals surface area contributed by atoms with Gasteiger partial charge in [0, 0.05) is 5.41 Å². The number of rotatable bonds is 0. The summed E-state index contributed by atoms with van der Waals surface area (Å²) >= 11 is 0. The second-order valence-electron chi connectivity index (χ2n) is 4.42. The maximum atomic E-state index is 4.32. The van der Waals surface area contributed by atoms with E-state index in [9.17, 15) is 0 Å². The molecule has 0 aliphatic carbocycles. The molecule has 4 heteroatoms. The second-order valence-corrected chi connectivity index (χ2v) is 4.42. The molecule has 4 nitrogen and oxygen atoms in total. The molecule has 0 saturated carbocycles. The van der Waals surface area contributed by atoms with Gasteiger partial charge in [0.15, 0.2) is 5.82 Å². The third kappa shape index (κ3) is 1.23. The first-order valence-electron chi connectivity index (χ1n) is 4.57. The van der Waals surface area contributed by atoms with Crippen LogP contribution in [0.4, 0.5) is 5.82 Å². The number of hydrogen-bond donors (Lipinski definition) is 2. The van der Waals surface area contributed by atoms with Crippen LogP contribution in [0.5, 0.6) is 0 Å². The number of fused-ring (bicyclic) bond motifs is 1. The van der Waals surface area contributed by atoms with Crippen molar-refractivity contribution in [3.63, 3.8) is 0 Å². The van der Waals surface area contributed by atoms with Crippen LogP contribution in [-0.4, -0.2) is 9.97 Å². The predicted octanol–water partition coefficient (Wildman–Crippen LogP) is 1.67. The standard InChI is InChI=1S/C10H14N4/c1-6-7-8(10(2,3)4)11-5-12-9(7)14-13-6/h5,13H,1H2,2-4H3,(H,11,12,14). The minimum Gasteiger partial charge on any atom is -0.299 e. The lowest BCUT2D eigenvalue weighted by atomic mass is 9.88. The topological polar surface area (TPSA) is 49.8 Å². The molecule has 0 radical (unpaired) electrons. The minimum atomic E-state index is 0.00363. The lowest BCUT2D eigenvalue weighted by Gasteiger charge is -2.19. The highest BCUT2D eigenvalue weighted by Crippen LogP contribution is 2.33. The van der Waals surface area contributed by atoms with Crippen molar-refractivity contribution in [1.82, 2.24) is 15.4 Å². The highest BCUT2D eigenvalue weighted by molar-refractivity contribution is 5.79. The first-order valence-corrected chi connectivity index (χ1v) is 4.57. The highest BCUT2D eigenvalue weighted by Gasteiger charge is 2.27. The summed E-state index contributed by atoms with van der Waals surface area (Å²) in [4.78, 5) is 8.46. The Morgan fingerprint density at radius 1 is 1.21 bits per heavy atom. The molecule has 0 unspecified atom stereocenters. The summed E-state index contributed by atoms with van der Waals surface area (Å²) in [5, 5.41) is 0. The molecular weight excluding hydrogens is 176 g/mol. The Hall–Kier alpha value is -1.58. The van der Waals surface area contributed by atoms with Gasteiger partial charge in [-0.05, 0) is 0 Å². The molecule has 0 atom stereocenters. The van der Waals surface area contributed by atoms with Crippen LogP contribution < -0.4 is 10.9 Å². The van der Waals surface area contributed by atoms with E-state index in [-0.39, 0.29) is 5.41 Å². The van der Waals surface area contributed by atoms with E-state index < -0.39 is 0 Å². The van der Waals surface area contributed by atoms with Crippen LogP contribution in [-0.2, 0) is 5.41 Å². The zero-order valence-corrected chi connectivity index (χ0v) is 8.68. The maximum Gasteiger partial charge on any atom is 0.157 e. The molecule has 2 heterocycles. The largest absolute Gasteiger partial charge is 0.299 e. The Bertz CT molecular complexity index is 390. The van der Waals surface area contributed by atoms with Crippen molar-refractivity contribution in [3.8, 4) is 0 Å². The molecule has 0 saturated heterocycles. The number of aromatic nitrogens is 2. The second kappa shape index (κ2) is 2.70. The minimum absolute atomic E-state index is 0.00363. The lowest BCUT2D eigenvalue weighted by Crippen LogP contribution is -2.16. The summed E-state index contributed by atoms with van der Waals surface area (Å²) in [6.07, 6.45) is 1.58. The van der Waals surface area contributed by atoms with Crippen LogP contribution >= 0.6 is 0 Å². The number of hydrogen-bond acceptors (Lipinski definition) is 4. The quantitative estimate of drug-likeness (QED) is 0.653. The Morgan fingerprint density at radius 3 is 2.57 bits per heavy atom. The number of nitrogens with one attached hydrogen (secondary N) is 2. The van der Waals surface area contributed by atoms with Crippen molar-refractivity contribution in [2.45, 2.75) is 26.2 Å². The molecular formula is C10H14N4. The van der Waals surface area contributed by atoms with Crippen molar-refractivity contribution in [3.05, 3.63) is 24.2 Å². The average molecular weight is 190 g/mol. The Morgan fingerprint density at radius 2 is 1.93 bits per heavy atom. The van der Waals surface area contributed by atoms with Crippen molar-refractivity contribution in [2.75, 3.05) is 5.43 Å². The Balaban J connectivity index is 2.64. The van der Waals surface area contributed by atoms with Gasteiger partial charge < -0.3 is 0 Å². The fourth-order valence-electron chi connectivity index (χ4n) is 1.53. The summed E-state index contributed by atoms with van der Waals surface area (Å²) < 4.78 is 0. The van der Waals surface area contributed by atoms with Crippen LogP contribution in [0.2, 0.25) is 0 Å². The van der Waals surface area contributed by atoms with Gasteiger partial charge in [0.1, 0.15) is 6.33 Å². The van der Waals surface area contributed by atoms with E-state index in [2.05, 4.69) is 48.2 Å². The monoisotopic (exact) mass is 190 g/mol. The molecule has 1 aliphatic heterocycles. The average Bonchev–Trinajstić information content (AvgIpc) is 2.46. The zero-order chi connectivity index (χ0) is 10.3. The zero-order valence-electron chi connectivity index (χ0n) is 8.68. The third-order valence-corrected chi connectivity index (χ3v) is 2.19. The third-order valence-electron chi connectivity index (χ3n) is 2.19. The number of nitrogens with zero attached hydrogens (tertiary/aromatic N) is 2. The maximum absolute atomic E-state index is 4.32. The van der Waals surface area contributed by atoms with Crippen LogP contribution in [0.1, 0.15) is 32.0 Å². The molecule has 0 fully saturated rings. The molecule has 0 bridgehead atoms. The van der Waals surface area contributed by atoms with E-state index >= 15 is 0 Å². The fraction of sp³-hybridized carbons (Fsp3) is 0.400. The van der Waals surface area contributed by atoms with Crippen LogP contribution in [0, 0.1) is 0 Å². The van der Waals surface area contributed by atoms with Gasteiger partial charge in [0.05, 0.1) is 17.0 Å². The van der Waals surface area contributed by atoms with Crippen LogP contribution in [0.3, 0.4) is 0 Å². The van der Waals surface area contributed by atoms with Crippen molar-refractivity contribution < 1.29 is 0 Å². The van der Waals surface area contributed by atoms with E-state index in [1.807, 2.05) is 0 Å². The summed E-state index contributed by atoms with van der Waals surface area (Å²) in [5.74, 6) is 0.815. The molecule has 2 N–H and O–H groups in total. The van der Waals surface area contributed by atoms with E-state index in [1.165, 1.54) is 0 Å². The van der Waals surface area contributed by atoms with Gasteiger partial charge in [-0.1, -0.05) is 27.4 Å². The predicted molar refractivity (Wildman–Crippen MR) is 56.5 cm³/mol. The summed E-state index contributed by atoms with van der Waals surface area (Å²) in [7, 11) is 0. The van der Waals surface area contributed by atoms with Crippen molar-refractivity contribution in [1.29, 1.82) is 0 Å². The Kier molecular flexibility index (Phi) is 1.74. The SMILES string of the molecule is C=C1NNc2ncnc(C(C)(C)C)c21. The lowest BCUT2D eigenvalue weighted by molar-refractivity contribution is 0.566. The van der Waals surface area contributed by atoms with Gasteiger partial charge in [-0.25, -0.2) is 9.97 Å². The van der Waals surface area contributed by atoms with Gasteiger partial charge in [-0.15, -0.1) is 0 Å².